The van der Waals surface area contributed by atoms with Gasteiger partial charge in [0.15, 0.2) is 11.8 Å². The molecule has 3 aromatic rings. The average molecular weight is 408 g/mol. The Morgan fingerprint density at radius 3 is 2.50 bits per heavy atom. The number of carbonyl (C=O) groups is 2. The van der Waals surface area contributed by atoms with Crippen LogP contribution in [0.15, 0.2) is 42.5 Å². The second-order valence-electron chi connectivity index (χ2n) is 6.95. The Kier molecular flexibility index (Phi) is 6.15. The lowest BCUT2D eigenvalue weighted by Crippen LogP contribution is -2.30. The van der Waals surface area contributed by atoms with Gasteiger partial charge in [-0.1, -0.05) is 29.8 Å². The van der Waals surface area contributed by atoms with Crippen LogP contribution in [0.5, 0.6) is 5.75 Å². The zero-order valence-corrected chi connectivity index (χ0v) is 17.6. The number of nitrogens with one attached hydrogen (secondary N) is 1. The van der Waals surface area contributed by atoms with Gasteiger partial charge in [0, 0.05) is 0 Å². The molecule has 0 radical (unpaired) electrons. The van der Waals surface area contributed by atoms with Crippen molar-refractivity contribution in [2.24, 2.45) is 0 Å². The molecule has 2 aromatic carbocycles. The number of aryl methyl sites for hydroxylation is 3. The van der Waals surface area contributed by atoms with E-state index < -0.39 is 18.0 Å². The molecule has 8 nitrogen and oxygen atoms in total. The lowest BCUT2D eigenvalue weighted by atomic mass is 10.1. The van der Waals surface area contributed by atoms with Gasteiger partial charge in [-0.05, 0) is 51.5 Å². The lowest BCUT2D eigenvalue weighted by molar-refractivity contribution is -0.123. The van der Waals surface area contributed by atoms with Crippen molar-refractivity contribution in [3.8, 4) is 11.4 Å². The Morgan fingerprint density at radius 2 is 1.80 bits per heavy atom. The second-order valence-corrected chi connectivity index (χ2v) is 6.95. The molecule has 0 aliphatic heterocycles. The molecule has 0 bridgehead atoms. The van der Waals surface area contributed by atoms with Gasteiger partial charge in [-0.2, -0.15) is 9.90 Å². The molecule has 0 unspecified atom stereocenters. The number of rotatable bonds is 6. The number of esters is 1. The first-order chi connectivity index (χ1) is 14.3. The minimum atomic E-state index is -1.03. The van der Waals surface area contributed by atoms with Crippen LogP contribution in [0.25, 0.3) is 5.69 Å². The van der Waals surface area contributed by atoms with Crippen molar-refractivity contribution < 1.29 is 19.1 Å². The van der Waals surface area contributed by atoms with Crippen molar-refractivity contribution >= 4 is 17.6 Å². The van der Waals surface area contributed by atoms with E-state index in [1.807, 2.05) is 32.0 Å². The summed E-state index contributed by atoms with van der Waals surface area (Å²) < 4.78 is 10.5. The van der Waals surface area contributed by atoms with E-state index in [0.29, 0.717) is 17.1 Å². The molecule has 0 saturated heterocycles. The number of aromatic nitrogens is 3. The SMILES string of the molecule is COc1ccccc1NC(=O)[C@H](C)OC(=O)c1nn(-c2ccc(C)cc2C)nc1C. The summed E-state index contributed by atoms with van der Waals surface area (Å²) in [5.74, 6) is -0.685. The van der Waals surface area contributed by atoms with Gasteiger partial charge in [0.1, 0.15) is 5.75 Å². The molecule has 156 valence electrons. The molecule has 0 fully saturated rings. The van der Waals surface area contributed by atoms with Crippen LogP contribution < -0.4 is 10.1 Å². The van der Waals surface area contributed by atoms with Crippen LogP contribution in [0.4, 0.5) is 5.69 Å². The van der Waals surface area contributed by atoms with Crippen LogP contribution >= 0.6 is 0 Å². The normalized spacial score (nSPS) is 11.6. The van der Waals surface area contributed by atoms with Crippen LogP contribution in [0, 0.1) is 20.8 Å². The first kappa shape index (κ1) is 21.0. The number of methoxy groups -OCH3 is 1. The molecule has 1 amide bonds. The van der Waals surface area contributed by atoms with Gasteiger partial charge in [-0.25, -0.2) is 4.79 Å². The van der Waals surface area contributed by atoms with E-state index in [4.69, 9.17) is 9.47 Å². The number of amides is 1. The van der Waals surface area contributed by atoms with Crippen LogP contribution in [0.1, 0.15) is 34.2 Å². The molecule has 1 N–H and O–H groups in total. The highest BCUT2D eigenvalue weighted by Gasteiger charge is 2.24. The standard InChI is InChI=1S/C22H24N4O4/c1-13-10-11-18(14(2)12-13)26-24-15(3)20(25-26)22(28)30-16(4)21(27)23-17-8-6-7-9-19(17)29-5/h6-12,16H,1-5H3,(H,23,27)/t16-/m0/s1. The van der Waals surface area contributed by atoms with E-state index in [9.17, 15) is 9.59 Å². The molecule has 1 aromatic heterocycles. The highest BCUT2D eigenvalue weighted by atomic mass is 16.5. The highest BCUT2D eigenvalue weighted by molar-refractivity contribution is 5.97. The third-order valence-corrected chi connectivity index (χ3v) is 4.56. The van der Waals surface area contributed by atoms with Gasteiger partial charge >= 0.3 is 5.97 Å². The van der Waals surface area contributed by atoms with Gasteiger partial charge in [0.25, 0.3) is 5.91 Å². The molecule has 1 atom stereocenters. The third kappa shape index (κ3) is 4.48. The molecule has 0 saturated carbocycles. The van der Waals surface area contributed by atoms with E-state index in [1.165, 1.54) is 18.8 Å². The molecule has 8 heteroatoms. The fourth-order valence-corrected chi connectivity index (χ4v) is 2.96. The van der Waals surface area contributed by atoms with E-state index in [-0.39, 0.29) is 5.69 Å². The number of hydrogen-bond donors (Lipinski definition) is 1. The maximum atomic E-state index is 12.6. The third-order valence-electron chi connectivity index (χ3n) is 4.56. The second kappa shape index (κ2) is 8.77. The Morgan fingerprint density at radius 1 is 1.07 bits per heavy atom. The number of carbonyl (C=O) groups excluding carboxylic acids is 2. The topological polar surface area (TPSA) is 95.3 Å². The van der Waals surface area contributed by atoms with Crippen molar-refractivity contribution in [1.29, 1.82) is 0 Å². The molecule has 30 heavy (non-hydrogen) atoms. The number of benzene rings is 2. The van der Waals surface area contributed by atoms with Crippen molar-refractivity contribution in [2.75, 3.05) is 12.4 Å². The van der Waals surface area contributed by atoms with Crippen molar-refractivity contribution in [3.63, 3.8) is 0 Å². The molecule has 0 aliphatic rings. The van der Waals surface area contributed by atoms with Crippen molar-refractivity contribution in [3.05, 3.63) is 65.0 Å². The van der Waals surface area contributed by atoms with Crippen molar-refractivity contribution in [1.82, 2.24) is 15.0 Å². The monoisotopic (exact) mass is 408 g/mol. The Balaban J connectivity index is 1.72. The number of anilines is 1. The Hall–Kier alpha value is -3.68. The van der Waals surface area contributed by atoms with Crippen LogP contribution in [-0.2, 0) is 9.53 Å². The summed E-state index contributed by atoms with van der Waals surface area (Å²) in [4.78, 5) is 26.5. The zero-order valence-electron chi connectivity index (χ0n) is 17.6. The zero-order chi connectivity index (χ0) is 21.8. The summed E-state index contributed by atoms with van der Waals surface area (Å²) in [6, 6.07) is 12.8. The van der Waals surface area contributed by atoms with E-state index in [1.54, 1.807) is 31.2 Å². The summed E-state index contributed by atoms with van der Waals surface area (Å²) in [7, 11) is 1.51. The highest BCUT2D eigenvalue weighted by Crippen LogP contribution is 2.23. The number of para-hydroxylation sites is 2. The predicted octanol–water partition coefficient (Wildman–Crippen LogP) is 3.39. The minimum Gasteiger partial charge on any atom is -0.495 e. The molecule has 0 spiro atoms. The molecular formula is C22H24N4O4. The molecule has 3 rings (SSSR count). The fourth-order valence-electron chi connectivity index (χ4n) is 2.96. The van der Waals surface area contributed by atoms with E-state index in [0.717, 1.165) is 16.8 Å². The maximum absolute atomic E-state index is 12.6. The molecule has 0 aliphatic carbocycles. The summed E-state index contributed by atoms with van der Waals surface area (Å²) >= 11 is 0. The first-order valence-electron chi connectivity index (χ1n) is 9.46. The average Bonchev–Trinajstić information content (AvgIpc) is 3.09. The van der Waals surface area contributed by atoms with E-state index >= 15 is 0 Å². The molecule has 1 heterocycles. The maximum Gasteiger partial charge on any atom is 0.361 e. The fraction of sp³-hybridized carbons (Fsp3) is 0.273. The van der Waals surface area contributed by atoms with Crippen molar-refractivity contribution in [2.45, 2.75) is 33.8 Å². The number of ether oxygens (including phenoxy) is 2. The van der Waals surface area contributed by atoms with Gasteiger partial charge in [-0.15, -0.1) is 5.10 Å². The minimum absolute atomic E-state index is 0.0620. The van der Waals surface area contributed by atoms with Gasteiger partial charge in [0.05, 0.1) is 24.2 Å². The smallest absolute Gasteiger partial charge is 0.361 e. The number of nitrogens with zero attached hydrogens (tertiary/aromatic N) is 3. The first-order valence-corrected chi connectivity index (χ1v) is 9.46. The Labute approximate surface area is 174 Å². The molecular weight excluding hydrogens is 384 g/mol. The van der Waals surface area contributed by atoms with Gasteiger partial charge in [-0.3, -0.25) is 4.79 Å². The quantitative estimate of drug-likeness (QED) is 0.628. The summed E-state index contributed by atoms with van der Waals surface area (Å²) in [5, 5.41) is 11.3. The van der Waals surface area contributed by atoms with Gasteiger partial charge < -0.3 is 14.8 Å². The van der Waals surface area contributed by atoms with E-state index in [2.05, 4.69) is 15.5 Å². The van der Waals surface area contributed by atoms with Crippen LogP contribution in [-0.4, -0.2) is 40.1 Å². The van der Waals surface area contributed by atoms with Gasteiger partial charge in [0.2, 0.25) is 0 Å². The summed E-state index contributed by atoms with van der Waals surface area (Å²) in [5.41, 5.74) is 3.84. The lowest BCUT2D eigenvalue weighted by Gasteiger charge is -2.14. The number of hydrogen-bond acceptors (Lipinski definition) is 6. The summed E-state index contributed by atoms with van der Waals surface area (Å²) in [6.45, 7) is 7.11. The largest absolute Gasteiger partial charge is 0.495 e. The summed E-state index contributed by atoms with van der Waals surface area (Å²) in [6.07, 6.45) is -1.03. The van der Waals surface area contributed by atoms with Crippen LogP contribution in [0.3, 0.4) is 0 Å². The predicted molar refractivity (Wildman–Crippen MR) is 112 cm³/mol. The van der Waals surface area contributed by atoms with Crippen LogP contribution in [0.2, 0.25) is 0 Å². The Bertz CT molecular complexity index is 1090.